The maximum atomic E-state index is 13.3. The summed E-state index contributed by atoms with van der Waals surface area (Å²) in [6, 6.07) is 4.50. The van der Waals surface area contributed by atoms with Gasteiger partial charge in [-0.05, 0) is 44.0 Å². The third kappa shape index (κ3) is 2.70. The van der Waals surface area contributed by atoms with Crippen molar-refractivity contribution in [3.63, 3.8) is 0 Å². The molecule has 0 amide bonds. The molecular formula is C14H16F3N3. The maximum absolute atomic E-state index is 13.3. The molecule has 0 aliphatic heterocycles. The standard InChI is InChI=1S/C14H16F3N3/c1-8-4-9(2)6-11(5-8)20-13(14(15,16)17)12(7-19-20)10(3)18/h4-7,10H,18H2,1-3H3. The van der Waals surface area contributed by atoms with Crippen molar-refractivity contribution in [3.05, 3.63) is 46.8 Å². The molecule has 3 nitrogen and oxygen atoms in total. The van der Waals surface area contributed by atoms with Gasteiger partial charge in [0.1, 0.15) is 0 Å². The van der Waals surface area contributed by atoms with E-state index in [2.05, 4.69) is 5.10 Å². The Morgan fingerprint density at radius 3 is 2.15 bits per heavy atom. The Labute approximate surface area is 115 Å². The maximum Gasteiger partial charge on any atom is 0.433 e. The fourth-order valence-corrected chi connectivity index (χ4v) is 2.25. The van der Waals surface area contributed by atoms with E-state index in [0.717, 1.165) is 15.8 Å². The molecule has 2 rings (SSSR count). The molecule has 20 heavy (non-hydrogen) atoms. The molecule has 0 aliphatic carbocycles. The zero-order valence-electron chi connectivity index (χ0n) is 11.5. The fraction of sp³-hybridized carbons (Fsp3) is 0.357. The molecule has 1 heterocycles. The molecule has 2 aromatic rings. The summed E-state index contributed by atoms with van der Waals surface area (Å²) in [6.07, 6.45) is -3.32. The van der Waals surface area contributed by atoms with Gasteiger partial charge < -0.3 is 5.73 Å². The van der Waals surface area contributed by atoms with Crippen LogP contribution in [0.4, 0.5) is 13.2 Å². The summed E-state index contributed by atoms with van der Waals surface area (Å²) in [6.45, 7) is 5.18. The highest BCUT2D eigenvalue weighted by atomic mass is 19.4. The lowest BCUT2D eigenvalue weighted by molar-refractivity contribution is -0.143. The SMILES string of the molecule is Cc1cc(C)cc(-n2ncc(C(C)N)c2C(F)(F)F)c1. The molecule has 0 radical (unpaired) electrons. The topological polar surface area (TPSA) is 43.8 Å². The van der Waals surface area contributed by atoms with Crippen LogP contribution < -0.4 is 5.73 Å². The van der Waals surface area contributed by atoms with Crippen molar-refractivity contribution in [2.24, 2.45) is 5.73 Å². The van der Waals surface area contributed by atoms with Crippen molar-refractivity contribution < 1.29 is 13.2 Å². The highest BCUT2D eigenvalue weighted by molar-refractivity contribution is 5.42. The second kappa shape index (κ2) is 4.94. The highest BCUT2D eigenvalue weighted by Gasteiger charge is 2.39. The lowest BCUT2D eigenvalue weighted by Gasteiger charge is -2.15. The Balaban J connectivity index is 2.68. The van der Waals surface area contributed by atoms with E-state index in [1.807, 2.05) is 19.9 Å². The first-order valence-electron chi connectivity index (χ1n) is 6.19. The zero-order chi connectivity index (χ0) is 15.1. The summed E-state index contributed by atoms with van der Waals surface area (Å²) in [5.74, 6) is 0. The monoisotopic (exact) mass is 283 g/mol. The number of benzene rings is 1. The average molecular weight is 283 g/mol. The second-order valence-electron chi connectivity index (χ2n) is 4.99. The Hall–Kier alpha value is -1.82. The summed E-state index contributed by atoms with van der Waals surface area (Å²) >= 11 is 0. The number of alkyl halides is 3. The predicted octanol–water partition coefficient (Wildman–Crippen LogP) is 3.53. The van der Waals surface area contributed by atoms with E-state index in [1.165, 1.54) is 13.1 Å². The lowest BCUT2D eigenvalue weighted by Crippen LogP contribution is -2.18. The third-order valence-corrected chi connectivity index (χ3v) is 3.01. The molecule has 0 spiro atoms. The van der Waals surface area contributed by atoms with Gasteiger partial charge in [-0.1, -0.05) is 6.07 Å². The van der Waals surface area contributed by atoms with E-state index < -0.39 is 17.9 Å². The fourth-order valence-electron chi connectivity index (χ4n) is 2.25. The molecule has 0 saturated heterocycles. The van der Waals surface area contributed by atoms with Gasteiger partial charge in [0.25, 0.3) is 0 Å². The van der Waals surface area contributed by atoms with E-state index in [9.17, 15) is 13.2 Å². The van der Waals surface area contributed by atoms with Crippen LogP contribution in [0.5, 0.6) is 0 Å². The third-order valence-electron chi connectivity index (χ3n) is 3.01. The normalized spacial score (nSPS) is 13.6. The molecule has 108 valence electrons. The minimum Gasteiger partial charge on any atom is -0.324 e. The number of hydrogen-bond acceptors (Lipinski definition) is 2. The predicted molar refractivity (Wildman–Crippen MR) is 70.6 cm³/mol. The van der Waals surface area contributed by atoms with Gasteiger partial charge in [-0.2, -0.15) is 18.3 Å². The van der Waals surface area contributed by atoms with Crippen molar-refractivity contribution >= 4 is 0 Å². The summed E-state index contributed by atoms with van der Waals surface area (Å²) in [7, 11) is 0. The molecule has 0 aliphatic rings. The summed E-state index contributed by atoms with van der Waals surface area (Å²) in [4.78, 5) is 0. The van der Waals surface area contributed by atoms with Crippen LogP contribution in [0.2, 0.25) is 0 Å². The molecule has 0 bridgehead atoms. The van der Waals surface area contributed by atoms with Gasteiger partial charge >= 0.3 is 6.18 Å². The van der Waals surface area contributed by atoms with Crippen molar-refractivity contribution in [1.29, 1.82) is 0 Å². The molecule has 6 heteroatoms. The summed E-state index contributed by atoms with van der Waals surface area (Å²) < 4.78 is 40.7. The number of hydrogen-bond donors (Lipinski definition) is 1. The number of aryl methyl sites for hydroxylation is 2. The van der Waals surface area contributed by atoms with Crippen LogP contribution in [0.25, 0.3) is 5.69 Å². The molecule has 1 aromatic carbocycles. The first-order valence-corrected chi connectivity index (χ1v) is 6.19. The first kappa shape index (κ1) is 14.6. The van der Waals surface area contributed by atoms with Crippen LogP contribution in [0.1, 0.15) is 35.3 Å². The highest BCUT2D eigenvalue weighted by Crippen LogP contribution is 2.35. The van der Waals surface area contributed by atoms with Crippen LogP contribution in [0.15, 0.2) is 24.4 Å². The molecule has 1 aromatic heterocycles. The van der Waals surface area contributed by atoms with Crippen LogP contribution in [-0.2, 0) is 6.18 Å². The molecule has 0 fully saturated rings. The molecule has 1 unspecified atom stereocenters. The Morgan fingerprint density at radius 2 is 1.70 bits per heavy atom. The van der Waals surface area contributed by atoms with Crippen molar-refractivity contribution in [2.45, 2.75) is 33.0 Å². The zero-order valence-corrected chi connectivity index (χ0v) is 11.5. The second-order valence-corrected chi connectivity index (χ2v) is 4.99. The molecule has 2 N–H and O–H groups in total. The number of nitrogens with zero attached hydrogens (tertiary/aromatic N) is 2. The largest absolute Gasteiger partial charge is 0.433 e. The van der Waals surface area contributed by atoms with Gasteiger partial charge in [0.2, 0.25) is 0 Å². The van der Waals surface area contributed by atoms with Gasteiger partial charge in [-0.3, -0.25) is 0 Å². The van der Waals surface area contributed by atoms with Crippen molar-refractivity contribution in [1.82, 2.24) is 9.78 Å². The molecular weight excluding hydrogens is 267 g/mol. The number of halogens is 3. The van der Waals surface area contributed by atoms with Gasteiger partial charge in [-0.15, -0.1) is 0 Å². The molecule has 0 saturated carbocycles. The minimum atomic E-state index is -4.50. The van der Waals surface area contributed by atoms with Gasteiger partial charge in [0.15, 0.2) is 5.69 Å². The summed E-state index contributed by atoms with van der Waals surface area (Å²) in [5, 5.41) is 3.87. The van der Waals surface area contributed by atoms with Crippen molar-refractivity contribution in [2.75, 3.05) is 0 Å². The smallest absolute Gasteiger partial charge is 0.324 e. The Bertz CT molecular complexity index is 607. The van der Waals surface area contributed by atoms with Crippen LogP contribution >= 0.6 is 0 Å². The number of aromatic nitrogens is 2. The Morgan fingerprint density at radius 1 is 1.15 bits per heavy atom. The van der Waals surface area contributed by atoms with E-state index in [4.69, 9.17) is 5.73 Å². The average Bonchev–Trinajstić information content (AvgIpc) is 2.71. The Kier molecular flexibility index (Phi) is 3.60. The molecule has 1 atom stereocenters. The minimum absolute atomic E-state index is 0.00309. The van der Waals surface area contributed by atoms with Gasteiger partial charge in [-0.25, -0.2) is 4.68 Å². The number of nitrogens with two attached hydrogens (primary N) is 1. The quantitative estimate of drug-likeness (QED) is 0.916. The van der Waals surface area contributed by atoms with E-state index >= 15 is 0 Å². The van der Waals surface area contributed by atoms with Gasteiger partial charge in [0.05, 0.1) is 11.9 Å². The van der Waals surface area contributed by atoms with Gasteiger partial charge in [0, 0.05) is 11.6 Å². The van der Waals surface area contributed by atoms with E-state index in [0.29, 0.717) is 5.69 Å². The van der Waals surface area contributed by atoms with Crippen LogP contribution in [0.3, 0.4) is 0 Å². The first-order chi connectivity index (χ1) is 9.20. The summed E-state index contributed by atoms with van der Waals surface area (Å²) in [5.41, 5.74) is 6.95. The van der Waals surface area contributed by atoms with Crippen LogP contribution in [0, 0.1) is 13.8 Å². The lowest BCUT2D eigenvalue weighted by atomic mass is 10.1. The number of rotatable bonds is 2. The van der Waals surface area contributed by atoms with E-state index in [-0.39, 0.29) is 5.56 Å². The van der Waals surface area contributed by atoms with E-state index in [1.54, 1.807) is 12.1 Å². The van der Waals surface area contributed by atoms with Crippen molar-refractivity contribution in [3.8, 4) is 5.69 Å². The van der Waals surface area contributed by atoms with Crippen LogP contribution in [-0.4, -0.2) is 9.78 Å².